The summed E-state index contributed by atoms with van der Waals surface area (Å²) in [6, 6.07) is 127. The van der Waals surface area contributed by atoms with Crippen LogP contribution >= 0.6 is 0 Å². The molecule has 102 heavy (non-hydrogen) atoms. The number of pyridine rings is 3. The van der Waals surface area contributed by atoms with Gasteiger partial charge in [-0.25, -0.2) is 15.0 Å². The summed E-state index contributed by atoms with van der Waals surface area (Å²) < 4.78 is 14.0. The van der Waals surface area contributed by atoms with Crippen LogP contribution in [0.3, 0.4) is 0 Å². The van der Waals surface area contributed by atoms with Crippen LogP contribution in [0.5, 0.6) is 0 Å². The molecule has 9 nitrogen and oxygen atoms in total. The molecule has 0 N–H and O–H groups in total. The summed E-state index contributed by atoms with van der Waals surface area (Å²) >= 11 is 0. The lowest BCUT2D eigenvalue weighted by atomic mass is 10.1. The Labute approximate surface area is 584 Å². The van der Waals surface area contributed by atoms with E-state index in [1.165, 1.54) is 97.7 Å². The zero-order valence-electron chi connectivity index (χ0n) is 55.1. The van der Waals surface area contributed by atoms with E-state index in [-0.39, 0.29) is 0 Å². The second kappa shape index (κ2) is 22.9. The molecular formula is C93H59N9. The Morgan fingerprint density at radius 1 is 0.147 bits per heavy atom. The summed E-state index contributed by atoms with van der Waals surface area (Å²) in [4.78, 5) is 15.9. The molecule has 0 saturated carbocycles. The van der Waals surface area contributed by atoms with Gasteiger partial charge in [0.25, 0.3) is 0 Å². The van der Waals surface area contributed by atoms with E-state index in [0.717, 1.165) is 90.3 Å². The van der Waals surface area contributed by atoms with Gasteiger partial charge in [0.1, 0.15) is 17.5 Å². The van der Waals surface area contributed by atoms with Gasteiger partial charge in [-0.2, -0.15) is 0 Å². The van der Waals surface area contributed by atoms with Crippen LogP contribution in [0.2, 0.25) is 0 Å². The fraction of sp³-hybridized carbons (Fsp3) is 0. The molecule has 9 aromatic heterocycles. The Hall–Kier alpha value is -13.9. The van der Waals surface area contributed by atoms with Crippen LogP contribution < -0.4 is 0 Å². The molecule has 0 saturated heterocycles. The summed E-state index contributed by atoms with van der Waals surface area (Å²) in [6.45, 7) is 0. The minimum Gasteiger partial charge on any atom is -0.309 e. The van der Waals surface area contributed by atoms with E-state index in [1.54, 1.807) is 0 Å². The number of fused-ring (bicyclic) bond motifs is 18. The summed E-state index contributed by atoms with van der Waals surface area (Å²) in [6.07, 6.45) is 0. The van der Waals surface area contributed by atoms with Crippen LogP contribution in [-0.4, -0.2) is 42.4 Å². The molecule has 0 aliphatic carbocycles. The number of aromatic nitrogens is 9. The monoisotopic (exact) mass is 1300 g/mol. The van der Waals surface area contributed by atoms with E-state index in [9.17, 15) is 0 Å². The van der Waals surface area contributed by atoms with Crippen molar-refractivity contribution in [2.45, 2.75) is 0 Å². The highest BCUT2D eigenvalue weighted by Gasteiger charge is 2.23. The number of benzene rings is 13. The van der Waals surface area contributed by atoms with Gasteiger partial charge in [0.15, 0.2) is 0 Å². The molecule has 0 bridgehead atoms. The van der Waals surface area contributed by atoms with Crippen LogP contribution in [-0.2, 0) is 0 Å². The predicted octanol–water partition coefficient (Wildman–Crippen LogP) is 23.5. The normalized spacial score (nSPS) is 11.9. The molecule has 0 aliphatic rings. The maximum Gasteiger partial charge on any atom is 0.138 e. The first-order valence-corrected chi connectivity index (χ1v) is 34.7. The zero-order chi connectivity index (χ0) is 66.9. The molecule has 0 atom stereocenters. The number of rotatable bonds is 8. The van der Waals surface area contributed by atoms with Crippen molar-refractivity contribution in [3.63, 3.8) is 0 Å². The van der Waals surface area contributed by atoms with Crippen LogP contribution in [0.15, 0.2) is 358 Å². The maximum absolute atomic E-state index is 5.38. The molecule has 0 radical (unpaired) electrons. The third-order valence-electron chi connectivity index (χ3n) is 20.7. The van der Waals surface area contributed by atoms with Crippen LogP contribution in [0.1, 0.15) is 0 Å². The number of para-hydroxylation sites is 10. The summed E-state index contributed by atoms with van der Waals surface area (Å²) in [5.41, 5.74) is 21.0. The fourth-order valence-electron chi connectivity index (χ4n) is 16.3. The Bertz CT molecular complexity index is 6610. The topological polar surface area (TPSA) is 68.2 Å². The number of hydrogen-bond acceptors (Lipinski definition) is 3. The van der Waals surface area contributed by atoms with Gasteiger partial charge in [-0.05, 0) is 146 Å². The quantitative estimate of drug-likeness (QED) is 0.152. The highest BCUT2D eigenvalue weighted by Crippen LogP contribution is 2.43. The molecule has 13 aromatic carbocycles. The Balaban J connectivity index is 0.000000133. The molecule has 22 rings (SSSR count). The second-order valence-electron chi connectivity index (χ2n) is 26.3. The third kappa shape index (κ3) is 8.81. The molecule has 9 heteroatoms. The van der Waals surface area contributed by atoms with E-state index >= 15 is 0 Å². The smallest absolute Gasteiger partial charge is 0.138 e. The highest BCUT2D eigenvalue weighted by atomic mass is 15.1. The first-order valence-electron chi connectivity index (χ1n) is 34.7. The Morgan fingerprint density at radius 3 is 0.725 bits per heavy atom. The second-order valence-corrected chi connectivity index (χ2v) is 26.3. The van der Waals surface area contributed by atoms with Crippen LogP contribution in [0.4, 0.5) is 0 Å². The van der Waals surface area contributed by atoms with Gasteiger partial charge in [-0.1, -0.05) is 212 Å². The van der Waals surface area contributed by atoms with Crippen molar-refractivity contribution in [3.05, 3.63) is 358 Å². The summed E-state index contributed by atoms with van der Waals surface area (Å²) in [5.74, 6) is 2.62. The largest absolute Gasteiger partial charge is 0.309 e. The molecule has 0 amide bonds. The van der Waals surface area contributed by atoms with Crippen LogP contribution in [0, 0.1) is 0 Å². The number of hydrogen-bond donors (Lipinski definition) is 0. The van der Waals surface area contributed by atoms with Crippen molar-refractivity contribution in [2.75, 3.05) is 0 Å². The molecule has 476 valence electrons. The predicted molar refractivity (Wildman–Crippen MR) is 423 cm³/mol. The van der Waals surface area contributed by atoms with E-state index in [4.69, 9.17) is 15.0 Å². The molecule has 0 aliphatic heterocycles. The van der Waals surface area contributed by atoms with Gasteiger partial charge in [0.05, 0.1) is 83.3 Å². The minimum absolute atomic E-state index is 0.822. The van der Waals surface area contributed by atoms with Gasteiger partial charge in [-0.15, -0.1) is 0 Å². The third-order valence-corrected chi connectivity index (χ3v) is 20.7. The van der Waals surface area contributed by atoms with E-state index in [1.807, 2.05) is 0 Å². The summed E-state index contributed by atoms with van der Waals surface area (Å²) in [7, 11) is 0. The maximum atomic E-state index is 5.38. The van der Waals surface area contributed by atoms with Gasteiger partial charge in [0.2, 0.25) is 0 Å². The van der Waals surface area contributed by atoms with Crippen molar-refractivity contribution < 1.29 is 0 Å². The summed E-state index contributed by atoms with van der Waals surface area (Å²) in [5, 5.41) is 14.6. The lowest BCUT2D eigenvalue weighted by Gasteiger charge is -2.12. The SMILES string of the molecule is c1ccc(-n2c3ccccc3c3cc4c(cc32)c2ccccc2n4-c2cccc(-c3cccc(-n4c5ccccc5c5ccccc54)c3)n2)cc1.c1ccc(-n2c3ccccc3c3cc4c(cc32)c2ccccc2n4-c2cccc(-c3cccc(-n4c5ccccc5c5ccccc54)n3)n2)cc1. The Morgan fingerprint density at radius 2 is 0.382 bits per heavy atom. The zero-order valence-corrected chi connectivity index (χ0v) is 55.1. The first kappa shape index (κ1) is 57.2. The van der Waals surface area contributed by atoms with Gasteiger partial charge >= 0.3 is 0 Å². The van der Waals surface area contributed by atoms with Crippen LogP contribution in [0.25, 0.3) is 188 Å². The molecule has 22 aromatic rings. The molecule has 0 spiro atoms. The van der Waals surface area contributed by atoms with E-state index in [2.05, 4.69) is 385 Å². The fourth-order valence-corrected chi connectivity index (χ4v) is 16.3. The standard InChI is InChI=1S/C47H30N4.C46H29N5/c1-2-15-32(16-3-1)49-43-25-10-6-20-36(43)38-30-46-39(29-45(38)49)37-21-7-11-26-44(37)51(46)47-27-13-22-40(48-47)31-14-12-17-33(28-31)50-41-23-8-4-18-34(41)35-19-5-9-24-42(35)50;1-2-14-30(15-3-1)49-39-22-8-6-18-33(39)35-29-44-36(28-43(35)49)34-19-7-11-25-42(34)51(44)46-27-13-21-38(48-46)37-20-12-26-45(47-37)50-40-23-9-4-16-31(40)32-17-5-10-24-41(32)50/h1-30H;1-29H. The molecule has 9 heterocycles. The number of nitrogens with zero attached hydrogens (tertiary/aromatic N) is 9. The first-order chi connectivity index (χ1) is 50.6. The highest BCUT2D eigenvalue weighted by molar-refractivity contribution is 6.21. The lowest BCUT2D eigenvalue weighted by Crippen LogP contribution is -2.01. The van der Waals surface area contributed by atoms with Crippen molar-refractivity contribution in [3.8, 4) is 57.2 Å². The van der Waals surface area contributed by atoms with E-state index < -0.39 is 0 Å². The van der Waals surface area contributed by atoms with E-state index in [0.29, 0.717) is 0 Å². The lowest BCUT2D eigenvalue weighted by molar-refractivity contribution is 1.06. The average molecular weight is 1300 g/mol. The van der Waals surface area contributed by atoms with Gasteiger partial charge in [-0.3, -0.25) is 13.7 Å². The average Bonchev–Trinajstić information content (AvgIpc) is 1.57. The minimum atomic E-state index is 0.822. The van der Waals surface area contributed by atoms with Gasteiger partial charge in [0, 0.05) is 87.3 Å². The van der Waals surface area contributed by atoms with Crippen molar-refractivity contribution in [1.82, 2.24) is 42.4 Å². The van der Waals surface area contributed by atoms with Crippen molar-refractivity contribution in [2.24, 2.45) is 0 Å². The molecule has 0 fully saturated rings. The Kier molecular flexibility index (Phi) is 12.8. The van der Waals surface area contributed by atoms with Crippen molar-refractivity contribution in [1.29, 1.82) is 0 Å². The molecular weight excluding hydrogens is 1240 g/mol. The van der Waals surface area contributed by atoms with Gasteiger partial charge < -0.3 is 13.7 Å². The molecule has 0 unspecified atom stereocenters. The van der Waals surface area contributed by atoms with Crippen molar-refractivity contribution >= 4 is 131 Å².